The SMILES string of the molecule is OCCOCCNC1CCCc2ccc(O)cc21. The van der Waals surface area contributed by atoms with E-state index in [1.165, 1.54) is 17.5 Å². The summed E-state index contributed by atoms with van der Waals surface area (Å²) in [7, 11) is 0. The topological polar surface area (TPSA) is 61.7 Å². The highest BCUT2D eigenvalue weighted by molar-refractivity contribution is 5.38. The minimum atomic E-state index is 0.0696. The monoisotopic (exact) mass is 251 g/mol. The van der Waals surface area contributed by atoms with E-state index in [-0.39, 0.29) is 6.61 Å². The third kappa shape index (κ3) is 3.45. The molecule has 18 heavy (non-hydrogen) atoms. The molecule has 0 amide bonds. The van der Waals surface area contributed by atoms with Crippen LogP contribution in [0.4, 0.5) is 0 Å². The molecule has 2 rings (SSSR count). The van der Waals surface area contributed by atoms with Crippen LogP contribution in [0.5, 0.6) is 5.75 Å². The maximum absolute atomic E-state index is 9.57. The van der Waals surface area contributed by atoms with Crippen LogP contribution in [0.15, 0.2) is 18.2 Å². The standard InChI is InChI=1S/C14H21NO3/c16-7-9-18-8-6-15-14-3-1-2-11-4-5-12(17)10-13(11)14/h4-5,10,14-17H,1-3,6-9H2. The number of aromatic hydroxyl groups is 1. The summed E-state index contributed by atoms with van der Waals surface area (Å²) in [5.41, 5.74) is 2.54. The number of aliphatic hydroxyl groups excluding tert-OH is 1. The third-order valence-electron chi connectivity index (χ3n) is 3.32. The number of benzene rings is 1. The van der Waals surface area contributed by atoms with Crippen LogP contribution in [-0.4, -0.2) is 36.6 Å². The zero-order valence-corrected chi connectivity index (χ0v) is 10.6. The van der Waals surface area contributed by atoms with Crippen LogP contribution in [0, 0.1) is 0 Å². The van der Waals surface area contributed by atoms with E-state index in [0.717, 1.165) is 19.4 Å². The van der Waals surface area contributed by atoms with Crippen LogP contribution in [0.2, 0.25) is 0 Å². The molecule has 4 nitrogen and oxygen atoms in total. The van der Waals surface area contributed by atoms with Crippen molar-refractivity contribution in [1.82, 2.24) is 5.32 Å². The van der Waals surface area contributed by atoms with Crippen LogP contribution in [0.25, 0.3) is 0 Å². The Kier molecular flexibility index (Phi) is 4.99. The number of phenolic OH excluding ortho intramolecular Hbond substituents is 1. The highest BCUT2D eigenvalue weighted by atomic mass is 16.5. The first kappa shape index (κ1) is 13.3. The van der Waals surface area contributed by atoms with Crippen molar-refractivity contribution in [2.45, 2.75) is 25.3 Å². The number of nitrogens with one attached hydrogen (secondary N) is 1. The molecule has 1 aliphatic rings. The summed E-state index contributed by atoms with van der Waals surface area (Å²) in [6.07, 6.45) is 3.36. The van der Waals surface area contributed by atoms with Crippen LogP contribution >= 0.6 is 0 Å². The van der Waals surface area contributed by atoms with Gasteiger partial charge in [0.05, 0.1) is 19.8 Å². The molecule has 3 N–H and O–H groups in total. The molecule has 0 saturated carbocycles. The maximum atomic E-state index is 9.57. The zero-order valence-electron chi connectivity index (χ0n) is 10.6. The normalized spacial score (nSPS) is 18.6. The Balaban J connectivity index is 1.89. The van der Waals surface area contributed by atoms with Gasteiger partial charge in [-0.2, -0.15) is 0 Å². The Morgan fingerprint density at radius 2 is 2.22 bits per heavy atom. The number of aliphatic hydroxyl groups is 1. The van der Waals surface area contributed by atoms with Crippen molar-refractivity contribution < 1.29 is 14.9 Å². The summed E-state index contributed by atoms with van der Waals surface area (Å²) >= 11 is 0. The van der Waals surface area contributed by atoms with E-state index in [1.54, 1.807) is 6.07 Å². The second kappa shape index (κ2) is 6.73. The van der Waals surface area contributed by atoms with E-state index in [1.807, 2.05) is 12.1 Å². The molecule has 0 fully saturated rings. The van der Waals surface area contributed by atoms with Gasteiger partial charge in [-0.25, -0.2) is 0 Å². The number of hydrogen-bond acceptors (Lipinski definition) is 4. The zero-order chi connectivity index (χ0) is 12.8. The Hall–Kier alpha value is -1.10. The average molecular weight is 251 g/mol. The van der Waals surface area contributed by atoms with E-state index < -0.39 is 0 Å². The van der Waals surface area contributed by atoms with E-state index in [9.17, 15) is 5.11 Å². The van der Waals surface area contributed by atoms with E-state index in [2.05, 4.69) is 5.32 Å². The van der Waals surface area contributed by atoms with Crippen LogP contribution in [-0.2, 0) is 11.2 Å². The van der Waals surface area contributed by atoms with Gasteiger partial charge < -0.3 is 20.3 Å². The molecular weight excluding hydrogens is 230 g/mol. The number of hydrogen-bond donors (Lipinski definition) is 3. The van der Waals surface area contributed by atoms with Gasteiger partial charge in [-0.3, -0.25) is 0 Å². The molecule has 0 aromatic heterocycles. The number of fused-ring (bicyclic) bond motifs is 1. The van der Waals surface area contributed by atoms with Crippen molar-refractivity contribution in [2.75, 3.05) is 26.4 Å². The van der Waals surface area contributed by atoms with Gasteiger partial charge in [0.25, 0.3) is 0 Å². The first-order valence-electron chi connectivity index (χ1n) is 6.55. The first-order chi connectivity index (χ1) is 8.81. The molecular formula is C14H21NO3. The summed E-state index contributed by atoms with van der Waals surface area (Å²) in [4.78, 5) is 0. The van der Waals surface area contributed by atoms with Crippen LogP contribution in [0.3, 0.4) is 0 Å². The highest BCUT2D eigenvalue weighted by Gasteiger charge is 2.19. The van der Waals surface area contributed by atoms with Crippen molar-refractivity contribution >= 4 is 0 Å². The van der Waals surface area contributed by atoms with Gasteiger partial charge in [-0.1, -0.05) is 6.07 Å². The van der Waals surface area contributed by atoms with Crippen LogP contribution in [0.1, 0.15) is 30.0 Å². The Morgan fingerprint density at radius 3 is 3.06 bits per heavy atom. The van der Waals surface area contributed by atoms with Gasteiger partial charge in [0.1, 0.15) is 5.75 Å². The van der Waals surface area contributed by atoms with E-state index in [4.69, 9.17) is 9.84 Å². The summed E-state index contributed by atoms with van der Waals surface area (Å²) < 4.78 is 5.22. The Labute approximate surface area is 108 Å². The number of aryl methyl sites for hydroxylation is 1. The van der Waals surface area contributed by atoms with Gasteiger partial charge in [0.15, 0.2) is 0 Å². The lowest BCUT2D eigenvalue weighted by molar-refractivity contribution is 0.0922. The molecule has 0 aliphatic heterocycles. The average Bonchev–Trinajstić information content (AvgIpc) is 2.39. The van der Waals surface area contributed by atoms with Crippen molar-refractivity contribution in [3.8, 4) is 5.75 Å². The number of ether oxygens (including phenoxy) is 1. The van der Waals surface area contributed by atoms with E-state index in [0.29, 0.717) is 25.0 Å². The van der Waals surface area contributed by atoms with E-state index >= 15 is 0 Å². The molecule has 100 valence electrons. The van der Waals surface area contributed by atoms with Crippen molar-refractivity contribution in [3.05, 3.63) is 29.3 Å². The molecule has 0 saturated heterocycles. The lowest BCUT2D eigenvalue weighted by atomic mass is 9.87. The number of rotatable bonds is 6. The second-order valence-corrected chi connectivity index (χ2v) is 4.62. The second-order valence-electron chi connectivity index (χ2n) is 4.62. The summed E-state index contributed by atoms with van der Waals surface area (Å²) in [6, 6.07) is 5.94. The molecule has 0 bridgehead atoms. The third-order valence-corrected chi connectivity index (χ3v) is 3.32. The molecule has 1 aromatic rings. The van der Waals surface area contributed by atoms with Crippen molar-refractivity contribution in [3.63, 3.8) is 0 Å². The fraction of sp³-hybridized carbons (Fsp3) is 0.571. The maximum Gasteiger partial charge on any atom is 0.115 e. The Bertz CT molecular complexity index is 381. The predicted molar refractivity (Wildman–Crippen MR) is 69.7 cm³/mol. The van der Waals surface area contributed by atoms with Gasteiger partial charge in [-0.05, 0) is 42.5 Å². The summed E-state index contributed by atoms with van der Waals surface area (Å²) in [5.74, 6) is 0.332. The molecule has 4 heteroatoms. The fourth-order valence-corrected chi connectivity index (χ4v) is 2.47. The molecule has 1 atom stereocenters. The molecule has 0 radical (unpaired) electrons. The molecule has 1 aliphatic carbocycles. The Morgan fingerprint density at radius 1 is 1.33 bits per heavy atom. The first-order valence-corrected chi connectivity index (χ1v) is 6.55. The van der Waals surface area contributed by atoms with Gasteiger partial charge in [0.2, 0.25) is 0 Å². The van der Waals surface area contributed by atoms with Gasteiger partial charge in [-0.15, -0.1) is 0 Å². The van der Waals surface area contributed by atoms with Crippen molar-refractivity contribution in [1.29, 1.82) is 0 Å². The van der Waals surface area contributed by atoms with Crippen molar-refractivity contribution in [2.24, 2.45) is 0 Å². The molecule has 1 aromatic carbocycles. The van der Waals surface area contributed by atoms with Crippen LogP contribution < -0.4 is 5.32 Å². The molecule has 0 heterocycles. The summed E-state index contributed by atoms with van der Waals surface area (Å²) in [6.45, 7) is 1.83. The van der Waals surface area contributed by atoms with Gasteiger partial charge in [0, 0.05) is 12.6 Å². The minimum Gasteiger partial charge on any atom is -0.508 e. The predicted octanol–water partition coefficient (Wildman–Crippen LogP) is 1.37. The minimum absolute atomic E-state index is 0.0696. The summed E-state index contributed by atoms with van der Waals surface area (Å²) in [5, 5.41) is 21.6. The fourth-order valence-electron chi connectivity index (χ4n) is 2.47. The molecule has 0 spiro atoms. The lowest BCUT2D eigenvalue weighted by Gasteiger charge is -2.26. The largest absolute Gasteiger partial charge is 0.508 e. The quantitative estimate of drug-likeness (QED) is 0.668. The molecule has 1 unspecified atom stereocenters. The highest BCUT2D eigenvalue weighted by Crippen LogP contribution is 2.31. The lowest BCUT2D eigenvalue weighted by Crippen LogP contribution is -2.28. The number of phenols is 1. The van der Waals surface area contributed by atoms with Gasteiger partial charge >= 0.3 is 0 Å². The smallest absolute Gasteiger partial charge is 0.115 e.